The van der Waals surface area contributed by atoms with Crippen molar-refractivity contribution >= 4 is 29.1 Å². The number of benzene rings is 2. The molecule has 0 spiro atoms. The second-order valence-electron chi connectivity index (χ2n) is 7.84. The van der Waals surface area contributed by atoms with Gasteiger partial charge in [-0.05, 0) is 47.9 Å². The number of aliphatic hydroxyl groups is 1. The Labute approximate surface area is 206 Å². The van der Waals surface area contributed by atoms with Crippen LogP contribution in [0.15, 0.2) is 66.5 Å². The zero-order chi connectivity index (χ0) is 25.1. The molecule has 0 bridgehead atoms. The molecule has 0 radical (unpaired) electrons. The summed E-state index contributed by atoms with van der Waals surface area (Å²) in [6.45, 7) is 0.167. The molecule has 2 heterocycles. The number of carbonyl (C=O) groups is 2. The summed E-state index contributed by atoms with van der Waals surface area (Å²) in [5.74, 6) is -1.83. The van der Waals surface area contributed by atoms with Crippen molar-refractivity contribution in [3.63, 3.8) is 0 Å². The van der Waals surface area contributed by atoms with Crippen LogP contribution in [0.2, 0.25) is 5.02 Å². The lowest BCUT2D eigenvalue weighted by Gasteiger charge is -2.25. The van der Waals surface area contributed by atoms with Gasteiger partial charge < -0.3 is 19.5 Å². The molecule has 2 aromatic carbocycles. The summed E-state index contributed by atoms with van der Waals surface area (Å²) < 4.78 is 23.9. The standard InChI is InChI=1S/C26H22ClFN2O5/c1-34-20-14-21(35-2)19(27)13-18(20)24(31)22-23(16-7-10-29-11-8-16)30(26(33)25(22)32)12-9-15-3-5-17(28)6-4-15/h3-8,10-11,13-14,23,31H,9,12H2,1-2H3/b24-22+. The van der Waals surface area contributed by atoms with Crippen LogP contribution in [0.3, 0.4) is 0 Å². The highest BCUT2D eigenvalue weighted by Crippen LogP contribution is 2.42. The number of carbonyl (C=O) groups excluding carboxylic acids is 2. The van der Waals surface area contributed by atoms with Gasteiger partial charge in [-0.15, -0.1) is 0 Å². The third kappa shape index (κ3) is 4.70. The fraction of sp³-hybridized carbons (Fsp3) is 0.192. The summed E-state index contributed by atoms with van der Waals surface area (Å²) in [7, 11) is 2.84. The number of pyridine rings is 1. The number of amides is 1. The van der Waals surface area contributed by atoms with Crippen LogP contribution in [0, 0.1) is 5.82 Å². The lowest BCUT2D eigenvalue weighted by Crippen LogP contribution is -2.31. The number of hydrogen-bond donors (Lipinski definition) is 1. The molecule has 1 aromatic heterocycles. The number of ketones is 1. The third-order valence-electron chi connectivity index (χ3n) is 5.85. The van der Waals surface area contributed by atoms with Crippen LogP contribution < -0.4 is 9.47 Å². The van der Waals surface area contributed by atoms with Crippen LogP contribution in [0.4, 0.5) is 4.39 Å². The summed E-state index contributed by atoms with van der Waals surface area (Å²) in [4.78, 5) is 31.7. The maximum atomic E-state index is 13.3. The van der Waals surface area contributed by atoms with E-state index in [0.29, 0.717) is 17.7 Å². The minimum Gasteiger partial charge on any atom is -0.507 e. The second-order valence-corrected chi connectivity index (χ2v) is 8.24. The van der Waals surface area contributed by atoms with Crippen molar-refractivity contribution in [1.82, 2.24) is 9.88 Å². The number of methoxy groups -OCH3 is 2. The van der Waals surface area contributed by atoms with E-state index in [0.717, 1.165) is 5.56 Å². The Morgan fingerprint density at radius 3 is 2.34 bits per heavy atom. The molecule has 1 aliphatic rings. The molecule has 4 rings (SSSR count). The van der Waals surface area contributed by atoms with Gasteiger partial charge in [0, 0.05) is 25.0 Å². The summed E-state index contributed by atoms with van der Waals surface area (Å²) >= 11 is 6.27. The van der Waals surface area contributed by atoms with Gasteiger partial charge in [0.1, 0.15) is 23.1 Å². The summed E-state index contributed by atoms with van der Waals surface area (Å²) in [6.07, 6.45) is 3.47. The topological polar surface area (TPSA) is 89.0 Å². The SMILES string of the molecule is COc1cc(OC)c(/C(O)=C2\C(=O)C(=O)N(CCc3ccc(F)cc3)C2c2ccncc2)cc1Cl. The molecule has 0 aliphatic carbocycles. The van der Waals surface area contributed by atoms with Gasteiger partial charge >= 0.3 is 0 Å². The van der Waals surface area contributed by atoms with E-state index in [1.807, 2.05) is 0 Å². The maximum Gasteiger partial charge on any atom is 0.295 e. The first-order valence-corrected chi connectivity index (χ1v) is 11.1. The van der Waals surface area contributed by atoms with Crippen molar-refractivity contribution < 1.29 is 28.6 Å². The fourth-order valence-corrected chi connectivity index (χ4v) is 4.33. The zero-order valence-corrected chi connectivity index (χ0v) is 19.8. The van der Waals surface area contributed by atoms with Crippen molar-refractivity contribution in [2.24, 2.45) is 0 Å². The number of aliphatic hydroxyl groups excluding tert-OH is 1. The summed E-state index contributed by atoms with van der Waals surface area (Å²) in [5, 5.41) is 11.5. The first-order chi connectivity index (χ1) is 16.8. The Morgan fingerprint density at radius 2 is 1.71 bits per heavy atom. The van der Waals surface area contributed by atoms with E-state index in [1.54, 1.807) is 36.7 Å². The number of rotatable bonds is 7. The normalized spacial score (nSPS) is 17.0. The molecule has 0 saturated carbocycles. The van der Waals surface area contributed by atoms with Crippen LogP contribution in [0.25, 0.3) is 5.76 Å². The Kier molecular flexibility index (Phi) is 7.02. The molecule has 1 fully saturated rings. The van der Waals surface area contributed by atoms with Crippen molar-refractivity contribution in [3.05, 3.63) is 94.0 Å². The minimum atomic E-state index is -0.871. The third-order valence-corrected chi connectivity index (χ3v) is 6.14. The van der Waals surface area contributed by atoms with E-state index >= 15 is 0 Å². The van der Waals surface area contributed by atoms with Gasteiger partial charge in [0.15, 0.2) is 0 Å². The van der Waals surface area contributed by atoms with E-state index in [9.17, 15) is 19.1 Å². The van der Waals surface area contributed by atoms with E-state index in [1.165, 1.54) is 43.4 Å². The molecule has 1 saturated heterocycles. The number of Topliss-reactive ketones (excluding diaryl/α,β-unsaturated/α-hetero) is 1. The van der Waals surface area contributed by atoms with Gasteiger partial charge in [0.25, 0.3) is 11.7 Å². The second kappa shape index (κ2) is 10.1. The Hall–Kier alpha value is -3.91. The molecular formula is C26H22ClFN2O5. The lowest BCUT2D eigenvalue weighted by atomic mass is 9.95. The highest BCUT2D eigenvalue weighted by molar-refractivity contribution is 6.46. The van der Waals surface area contributed by atoms with Gasteiger partial charge in [-0.2, -0.15) is 0 Å². The van der Waals surface area contributed by atoms with E-state index < -0.39 is 23.5 Å². The van der Waals surface area contributed by atoms with Gasteiger partial charge in [-0.1, -0.05) is 23.7 Å². The van der Waals surface area contributed by atoms with Crippen molar-refractivity contribution in [3.8, 4) is 11.5 Å². The fourth-order valence-electron chi connectivity index (χ4n) is 4.09. The number of halogens is 2. The number of likely N-dealkylation sites (tertiary alicyclic amines) is 1. The van der Waals surface area contributed by atoms with Gasteiger partial charge in [-0.3, -0.25) is 14.6 Å². The van der Waals surface area contributed by atoms with E-state index in [2.05, 4.69) is 4.98 Å². The van der Waals surface area contributed by atoms with E-state index in [-0.39, 0.29) is 34.3 Å². The van der Waals surface area contributed by atoms with E-state index in [4.69, 9.17) is 21.1 Å². The van der Waals surface area contributed by atoms with Crippen LogP contribution in [0.5, 0.6) is 11.5 Å². The highest BCUT2D eigenvalue weighted by atomic mass is 35.5. The minimum absolute atomic E-state index is 0.0974. The molecular weight excluding hydrogens is 475 g/mol. The molecule has 180 valence electrons. The predicted molar refractivity (Wildman–Crippen MR) is 128 cm³/mol. The van der Waals surface area contributed by atoms with Crippen molar-refractivity contribution in [2.45, 2.75) is 12.5 Å². The zero-order valence-electron chi connectivity index (χ0n) is 19.0. The molecule has 3 aromatic rings. The van der Waals surface area contributed by atoms with Crippen molar-refractivity contribution in [2.75, 3.05) is 20.8 Å². The lowest BCUT2D eigenvalue weighted by molar-refractivity contribution is -0.139. The molecule has 35 heavy (non-hydrogen) atoms. The number of aromatic nitrogens is 1. The molecule has 1 unspecified atom stereocenters. The van der Waals surface area contributed by atoms with Gasteiger partial charge in [-0.25, -0.2) is 4.39 Å². The molecule has 1 amide bonds. The summed E-state index contributed by atoms with van der Waals surface area (Å²) in [6, 6.07) is 11.3. The monoisotopic (exact) mass is 496 g/mol. The molecule has 9 heteroatoms. The Morgan fingerprint density at radius 1 is 1.06 bits per heavy atom. The van der Waals surface area contributed by atoms with Crippen LogP contribution in [-0.4, -0.2) is 47.4 Å². The smallest absolute Gasteiger partial charge is 0.295 e. The summed E-state index contributed by atoms with van der Waals surface area (Å²) in [5.41, 5.74) is 1.44. The van der Waals surface area contributed by atoms with Gasteiger partial charge in [0.2, 0.25) is 0 Å². The Bertz CT molecular complexity index is 1300. The molecule has 1 N–H and O–H groups in total. The van der Waals surface area contributed by atoms with Gasteiger partial charge in [0.05, 0.1) is 36.4 Å². The number of nitrogens with zero attached hydrogens (tertiary/aromatic N) is 2. The Balaban J connectivity index is 1.81. The first-order valence-electron chi connectivity index (χ1n) is 10.7. The van der Waals surface area contributed by atoms with Crippen LogP contribution >= 0.6 is 11.6 Å². The number of ether oxygens (including phenoxy) is 2. The maximum absolute atomic E-state index is 13.3. The average Bonchev–Trinajstić information content (AvgIpc) is 3.13. The predicted octanol–water partition coefficient (Wildman–Crippen LogP) is 4.56. The molecule has 7 nitrogen and oxygen atoms in total. The molecule has 1 aliphatic heterocycles. The van der Waals surface area contributed by atoms with Crippen LogP contribution in [-0.2, 0) is 16.0 Å². The first kappa shape index (κ1) is 24.2. The van der Waals surface area contributed by atoms with Crippen LogP contribution in [0.1, 0.15) is 22.7 Å². The highest BCUT2D eigenvalue weighted by Gasteiger charge is 2.46. The molecule has 1 atom stereocenters. The average molecular weight is 497 g/mol. The largest absolute Gasteiger partial charge is 0.507 e. The van der Waals surface area contributed by atoms with Crippen molar-refractivity contribution in [1.29, 1.82) is 0 Å². The number of hydrogen-bond acceptors (Lipinski definition) is 6. The quantitative estimate of drug-likeness (QED) is 0.293.